The number of rotatable bonds is 5. The van der Waals surface area contributed by atoms with Crippen molar-refractivity contribution >= 4 is 20.1 Å². The molecule has 0 aromatic carbocycles. The van der Waals surface area contributed by atoms with Crippen LogP contribution < -0.4 is 0 Å². The summed E-state index contributed by atoms with van der Waals surface area (Å²) in [5, 5.41) is 10.3. The first-order valence-electron chi connectivity index (χ1n) is 11.5. The van der Waals surface area contributed by atoms with Crippen molar-refractivity contribution in [3.05, 3.63) is 35.5 Å². The highest BCUT2D eigenvalue weighted by Crippen LogP contribution is 2.42. The normalized spacial score (nSPS) is 30.1. The number of carboxylic acid groups (broad SMARTS) is 1. The quantitative estimate of drug-likeness (QED) is 0.365. The minimum atomic E-state index is -2.24. The number of ketones is 1. The third-order valence-corrected chi connectivity index (χ3v) is 11.7. The lowest BCUT2D eigenvalue weighted by Gasteiger charge is -2.43. The van der Waals surface area contributed by atoms with Gasteiger partial charge in [0.15, 0.2) is 8.32 Å². The molecule has 0 saturated heterocycles. The predicted octanol–water partition coefficient (Wildman–Crippen LogP) is 6.94. The molecule has 0 radical (unpaired) electrons. The summed E-state index contributed by atoms with van der Waals surface area (Å²) in [6.45, 7) is 22.6. The summed E-state index contributed by atoms with van der Waals surface area (Å²) in [6.07, 6.45) is 6.62. The Kier molecular flexibility index (Phi) is 9.70. The Morgan fingerprint density at radius 2 is 1.74 bits per heavy atom. The van der Waals surface area contributed by atoms with Gasteiger partial charge in [0.25, 0.3) is 0 Å². The predicted molar refractivity (Wildman–Crippen MR) is 132 cm³/mol. The molecule has 4 atom stereocenters. The van der Waals surface area contributed by atoms with Crippen LogP contribution in [0.4, 0.5) is 0 Å². The maximum Gasteiger partial charge on any atom is 0.310 e. The minimum Gasteiger partial charge on any atom is -0.481 e. The number of allylic oxidation sites excluding steroid dienone is 4. The van der Waals surface area contributed by atoms with E-state index < -0.39 is 26.3 Å². The Hall–Kier alpha value is -1.46. The molecule has 0 aromatic rings. The van der Waals surface area contributed by atoms with Crippen LogP contribution in [0.25, 0.3) is 0 Å². The van der Waals surface area contributed by atoms with Gasteiger partial charge in [0.1, 0.15) is 5.78 Å². The van der Waals surface area contributed by atoms with Crippen molar-refractivity contribution in [2.24, 2.45) is 17.8 Å². The lowest BCUT2D eigenvalue weighted by atomic mass is 9.74. The van der Waals surface area contributed by atoms with Gasteiger partial charge in [0.05, 0.1) is 12.0 Å². The van der Waals surface area contributed by atoms with Gasteiger partial charge >= 0.3 is 5.97 Å². The van der Waals surface area contributed by atoms with Crippen molar-refractivity contribution in [1.82, 2.24) is 0 Å². The molecule has 0 amide bonds. The number of carboxylic acids is 1. The van der Waals surface area contributed by atoms with E-state index in [1.165, 1.54) is 5.57 Å². The first kappa shape index (κ1) is 27.6. The zero-order valence-electron chi connectivity index (χ0n) is 21.2. The summed E-state index contributed by atoms with van der Waals surface area (Å²) in [5.41, 5.74) is 3.03. The van der Waals surface area contributed by atoms with Crippen LogP contribution in [0.1, 0.15) is 74.1 Å². The third kappa shape index (κ3) is 7.57. The number of aliphatic carboxylic acids is 1. The van der Waals surface area contributed by atoms with Gasteiger partial charge < -0.3 is 9.53 Å². The van der Waals surface area contributed by atoms with Crippen molar-refractivity contribution < 1.29 is 19.1 Å². The Bertz CT molecular complexity index is 739. The smallest absolute Gasteiger partial charge is 0.310 e. The van der Waals surface area contributed by atoms with Crippen LogP contribution in [0, 0.1) is 17.8 Å². The fourth-order valence-electron chi connectivity index (χ4n) is 3.93. The average molecular weight is 449 g/mol. The number of carbonyl (C=O) groups excluding carboxylic acids is 1. The van der Waals surface area contributed by atoms with Gasteiger partial charge in [-0.25, -0.2) is 0 Å². The number of hydrogen-bond donors (Lipinski definition) is 1. The molecule has 4 nitrogen and oxygen atoms in total. The molecule has 5 heteroatoms. The van der Waals surface area contributed by atoms with E-state index in [4.69, 9.17) is 4.43 Å². The maximum absolute atomic E-state index is 12.7. The Balaban J connectivity index is 3.62. The topological polar surface area (TPSA) is 63.6 Å². The zero-order valence-corrected chi connectivity index (χ0v) is 22.2. The molecule has 0 saturated carbocycles. The molecule has 31 heavy (non-hydrogen) atoms. The average Bonchev–Trinajstić information content (AvgIpc) is 2.59. The molecule has 1 N–H and O–H groups in total. The fourth-order valence-corrected chi connectivity index (χ4v) is 5.26. The Labute approximate surface area is 191 Å². The van der Waals surface area contributed by atoms with Crippen molar-refractivity contribution in [3.63, 3.8) is 0 Å². The van der Waals surface area contributed by atoms with Crippen LogP contribution in [-0.2, 0) is 14.0 Å². The molecule has 1 rings (SSSR count). The molecule has 176 valence electrons. The van der Waals surface area contributed by atoms with Crippen LogP contribution in [0.3, 0.4) is 0 Å². The zero-order chi connectivity index (χ0) is 24.1. The van der Waals surface area contributed by atoms with E-state index in [9.17, 15) is 14.7 Å². The monoisotopic (exact) mass is 448 g/mol. The number of hydrogen-bond acceptors (Lipinski definition) is 3. The van der Waals surface area contributed by atoms with Gasteiger partial charge in [0.2, 0.25) is 0 Å². The SMILES string of the molecule is C=C(C)C1C[C@@H](C(C)=O)C/C=C(\C)CC/C=C(\C)[C@H](O[Si](C)(C)C(C)(C)C)[C@H]1C(=O)O. The van der Waals surface area contributed by atoms with Crippen molar-refractivity contribution in [2.45, 2.75) is 98.4 Å². The van der Waals surface area contributed by atoms with Crippen LogP contribution in [0.15, 0.2) is 35.5 Å². The van der Waals surface area contributed by atoms with E-state index >= 15 is 0 Å². The molecule has 1 aliphatic carbocycles. The summed E-state index contributed by atoms with van der Waals surface area (Å²) in [4.78, 5) is 25.1. The second-order valence-corrected chi connectivity index (χ2v) is 15.7. The molecular weight excluding hydrogens is 404 g/mol. The van der Waals surface area contributed by atoms with Gasteiger partial charge in [-0.2, -0.15) is 0 Å². The maximum atomic E-state index is 12.7. The van der Waals surface area contributed by atoms with E-state index in [1.54, 1.807) is 6.92 Å². The fraction of sp³-hybridized carbons (Fsp3) is 0.692. The van der Waals surface area contributed by atoms with Gasteiger partial charge in [0, 0.05) is 5.92 Å². The van der Waals surface area contributed by atoms with Gasteiger partial charge in [-0.05, 0) is 83.0 Å². The molecular formula is C26H44O4Si. The largest absolute Gasteiger partial charge is 0.481 e. The summed E-state index contributed by atoms with van der Waals surface area (Å²) < 4.78 is 6.79. The molecule has 0 heterocycles. The van der Waals surface area contributed by atoms with Gasteiger partial charge in [-0.15, -0.1) is 0 Å². The van der Waals surface area contributed by atoms with Crippen molar-refractivity contribution in [2.75, 3.05) is 0 Å². The van der Waals surface area contributed by atoms with Crippen molar-refractivity contribution in [1.29, 1.82) is 0 Å². The standard InChI is InChI=1S/C26H44O4Si/c1-17(2)22-16-21(20(5)27)15-14-18(3)12-11-13-19(4)24(23(22)25(28)29)30-31(9,10)26(6,7)8/h13-14,21-24H,1,11-12,15-16H2,2-10H3,(H,28,29)/b18-14+,19-13+/t21-,22?,23-,24-/m0/s1. The van der Waals surface area contributed by atoms with E-state index in [2.05, 4.69) is 59.5 Å². The Morgan fingerprint density at radius 3 is 2.19 bits per heavy atom. The lowest BCUT2D eigenvalue weighted by molar-refractivity contribution is -0.147. The first-order valence-corrected chi connectivity index (χ1v) is 14.4. The second kappa shape index (κ2) is 10.9. The summed E-state index contributed by atoms with van der Waals surface area (Å²) in [7, 11) is -2.24. The lowest BCUT2D eigenvalue weighted by Crippen LogP contribution is -2.49. The highest BCUT2D eigenvalue weighted by Gasteiger charge is 2.45. The summed E-state index contributed by atoms with van der Waals surface area (Å²) >= 11 is 0. The summed E-state index contributed by atoms with van der Waals surface area (Å²) in [5.74, 6) is -2.09. The number of carbonyl (C=O) groups is 2. The Morgan fingerprint density at radius 1 is 1.16 bits per heavy atom. The molecule has 0 fully saturated rings. The molecule has 0 spiro atoms. The van der Waals surface area contributed by atoms with Crippen LogP contribution in [0.2, 0.25) is 18.1 Å². The highest BCUT2D eigenvalue weighted by molar-refractivity contribution is 6.74. The third-order valence-electron chi connectivity index (χ3n) is 7.22. The van der Waals surface area contributed by atoms with E-state index in [0.717, 1.165) is 24.0 Å². The van der Waals surface area contributed by atoms with Crippen LogP contribution in [0.5, 0.6) is 0 Å². The van der Waals surface area contributed by atoms with E-state index in [-0.39, 0.29) is 22.7 Å². The van der Waals surface area contributed by atoms with Crippen molar-refractivity contribution in [3.8, 4) is 0 Å². The first-order chi connectivity index (χ1) is 14.1. The molecule has 0 aromatic heterocycles. The minimum absolute atomic E-state index is 0.0417. The molecule has 0 bridgehead atoms. The van der Waals surface area contributed by atoms with E-state index in [0.29, 0.717) is 12.8 Å². The van der Waals surface area contributed by atoms with Crippen LogP contribution >= 0.6 is 0 Å². The second-order valence-electron chi connectivity index (χ2n) is 10.9. The van der Waals surface area contributed by atoms with Gasteiger partial charge in [-0.3, -0.25) is 9.59 Å². The van der Waals surface area contributed by atoms with Crippen LogP contribution in [-0.4, -0.2) is 31.3 Å². The number of Topliss-reactive ketones (excluding diaryl/α,β-unsaturated/α-hetero) is 1. The summed E-state index contributed by atoms with van der Waals surface area (Å²) in [6, 6.07) is 0. The molecule has 0 aliphatic heterocycles. The van der Waals surface area contributed by atoms with E-state index in [1.807, 2.05) is 13.8 Å². The van der Waals surface area contributed by atoms with Gasteiger partial charge in [-0.1, -0.05) is 50.6 Å². The molecule has 1 unspecified atom stereocenters. The highest BCUT2D eigenvalue weighted by atomic mass is 28.4. The molecule has 1 aliphatic rings.